The topological polar surface area (TPSA) is 33.1 Å². The maximum absolute atomic E-state index is 12.9. The van der Waals surface area contributed by atoms with E-state index in [1.165, 1.54) is 17.7 Å². The highest BCUT2D eigenvalue weighted by atomic mass is 35.5. The fraction of sp³-hybridized carbons (Fsp3) is 0.438. The van der Waals surface area contributed by atoms with Crippen molar-refractivity contribution in [2.45, 2.75) is 26.1 Å². The molecule has 3 rings (SSSR count). The van der Waals surface area contributed by atoms with Gasteiger partial charge in [-0.3, -0.25) is 9.58 Å². The van der Waals surface area contributed by atoms with Crippen LogP contribution in [0.3, 0.4) is 0 Å². The van der Waals surface area contributed by atoms with Crippen molar-refractivity contribution in [2.75, 3.05) is 19.6 Å². The van der Waals surface area contributed by atoms with E-state index < -0.39 is 0 Å². The SMILES string of the molecule is C[C@@H]1CN(Cc2cnn(Cc3ccc(F)cc3)c2)CCN1.Cl. The average Bonchev–Trinajstić information content (AvgIpc) is 2.89. The normalized spacial score (nSPS) is 18.9. The predicted octanol–water partition coefficient (Wildman–Crippen LogP) is 2.29. The van der Waals surface area contributed by atoms with Gasteiger partial charge < -0.3 is 5.32 Å². The summed E-state index contributed by atoms with van der Waals surface area (Å²) in [6.07, 6.45) is 4.01. The summed E-state index contributed by atoms with van der Waals surface area (Å²) >= 11 is 0. The fourth-order valence-corrected chi connectivity index (χ4v) is 2.77. The Labute approximate surface area is 136 Å². The number of nitrogens with one attached hydrogen (secondary N) is 1. The van der Waals surface area contributed by atoms with Crippen LogP contribution in [0.1, 0.15) is 18.1 Å². The Morgan fingerprint density at radius 2 is 2.00 bits per heavy atom. The zero-order valence-electron chi connectivity index (χ0n) is 12.7. The van der Waals surface area contributed by atoms with E-state index in [4.69, 9.17) is 0 Å². The highest BCUT2D eigenvalue weighted by Gasteiger charge is 2.16. The summed E-state index contributed by atoms with van der Waals surface area (Å²) in [6.45, 7) is 7.03. The van der Waals surface area contributed by atoms with Crippen LogP contribution in [-0.2, 0) is 13.1 Å². The lowest BCUT2D eigenvalue weighted by atomic mass is 10.2. The molecular weight excluding hydrogens is 303 g/mol. The summed E-state index contributed by atoms with van der Waals surface area (Å²) in [5.41, 5.74) is 2.29. The first-order chi connectivity index (χ1) is 10.2. The van der Waals surface area contributed by atoms with Gasteiger partial charge in [0, 0.05) is 44.0 Å². The van der Waals surface area contributed by atoms with E-state index in [1.54, 1.807) is 12.1 Å². The zero-order chi connectivity index (χ0) is 14.7. The van der Waals surface area contributed by atoms with Crippen LogP contribution in [0.15, 0.2) is 36.7 Å². The number of nitrogens with zero attached hydrogens (tertiary/aromatic N) is 3. The molecule has 1 aliphatic rings. The van der Waals surface area contributed by atoms with Crippen molar-refractivity contribution in [2.24, 2.45) is 0 Å². The summed E-state index contributed by atoms with van der Waals surface area (Å²) in [4.78, 5) is 2.44. The summed E-state index contributed by atoms with van der Waals surface area (Å²) in [5.74, 6) is -0.201. The van der Waals surface area contributed by atoms with Crippen molar-refractivity contribution in [1.82, 2.24) is 20.0 Å². The molecule has 1 fully saturated rings. The van der Waals surface area contributed by atoms with Crippen LogP contribution in [0, 0.1) is 5.82 Å². The first-order valence-electron chi connectivity index (χ1n) is 7.40. The second kappa shape index (κ2) is 7.72. The standard InChI is InChI=1S/C16H21FN4.ClH/c1-13-9-20(7-6-18-13)10-15-8-19-21(12-15)11-14-2-4-16(17)5-3-14;/h2-5,8,12-13,18H,6-7,9-11H2,1H3;1H/t13-;/m1./s1. The van der Waals surface area contributed by atoms with Gasteiger partial charge in [-0.05, 0) is 24.6 Å². The highest BCUT2D eigenvalue weighted by Crippen LogP contribution is 2.09. The van der Waals surface area contributed by atoms with E-state index in [9.17, 15) is 4.39 Å². The van der Waals surface area contributed by atoms with Crippen LogP contribution in [0.2, 0.25) is 0 Å². The number of benzene rings is 1. The molecule has 1 saturated heterocycles. The maximum atomic E-state index is 12.9. The van der Waals surface area contributed by atoms with Crippen LogP contribution in [0.4, 0.5) is 4.39 Å². The third kappa shape index (κ3) is 4.53. The third-order valence-electron chi connectivity index (χ3n) is 3.80. The Kier molecular flexibility index (Phi) is 5.94. The van der Waals surface area contributed by atoms with Gasteiger partial charge >= 0.3 is 0 Å². The number of aromatic nitrogens is 2. The van der Waals surface area contributed by atoms with Crippen LogP contribution >= 0.6 is 12.4 Å². The van der Waals surface area contributed by atoms with Gasteiger partial charge in [-0.2, -0.15) is 5.10 Å². The molecule has 0 amide bonds. The minimum atomic E-state index is -0.201. The minimum Gasteiger partial charge on any atom is -0.312 e. The van der Waals surface area contributed by atoms with Crippen molar-refractivity contribution in [3.05, 3.63) is 53.6 Å². The molecule has 0 saturated carbocycles. The van der Waals surface area contributed by atoms with Gasteiger partial charge in [0.25, 0.3) is 0 Å². The summed E-state index contributed by atoms with van der Waals surface area (Å²) < 4.78 is 14.8. The predicted molar refractivity (Wildman–Crippen MR) is 87.7 cm³/mol. The lowest BCUT2D eigenvalue weighted by molar-refractivity contribution is 0.199. The molecule has 0 spiro atoms. The van der Waals surface area contributed by atoms with Crippen LogP contribution < -0.4 is 5.32 Å². The minimum absolute atomic E-state index is 0. The van der Waals surface area contributed by atoms with Gasteiger partial charge in [-0.25, -0.2) is 4.39 Å². The molecule has 22 heavy (non-hydrogen) atoms. The highest BCUT2D eigenvalue weighted by molar-refractivity contribution is 5.85. The molecule has 2 aromatic rings. The van der Waals surface area contributed by atoms with Gasteiger partial charge in [0.2, 0.25) is 0 Å². The van der Waals surface area contributed by atoms with E-state index in [2.05, 4.69) is 28.4 Å². The van der Waals surface area contributed by atoms with E-state index in [-0.39, 0.29) is 18.2 Å². The molecule has 1 N–H and O–H groups in total. The van der Waals surface area contributed by atoms with Crippen molar-refractivity contribution in [1.29, 1.82) is 0 Å². The number of halogens is 2. The summed E-state index contributed by atoms with van der Waals surface area (Å²) in [6, 6.07) is 7.13. The van der Waals surface area contributed by atoms with Gasteiger partial charge in [0.05, 0.1) is 12.7 Å². The monoisotopic (exact) mass is 324 g/mol. The lowest BCUT2D eigenvalue weighted by Crippen LogP contribution is -2.48. The number of hydrogen-bond donors (Lipinski definition) is 1. The molecule has 2 heterocycles. The largest absolute Gasteiger partial charge is 0.312 e. The molecule has 1 atom stereocenters. The van der Waals surface area contributed by atoms with E-state index in [0.29, 0.717) is 12.6 Å². The maximum Gasteiger partial charge on any atom is 0.123 e. The molecule has 1 aromatic heterocycles. The summed E-state index contributed by atoms with van der Waals surface area (Å²) in [7, 11) is 0. The first-order valence-corrected chi connectivity index (χ1v) is 7.40. The van der Waals surface area contributed by atoms with Crippen molar-refractivity contribution in [3.8, 4) is 0 Å². The molecule has 0 bridgehead atoms. The Morgan fingerprint density at radius 3 is 2.73 bits per heavy atom. The van der Waals surface area contributed by atoms with Crippen molar-refractivity contribution < 1.29 is 4.39 Å². The second-order valence-electron chi connectivity index (χ2n) is 5.76. The fourth-order valence-electron chi connectivity index (χ4n) is 2.77. The average molecular weight is 325 g/mol. The Morgan fingerprint density at radius 1 is 1.23 bits per heavy atom. The van der Waals surface area contributed by atoms with Gasteiger partial charge in [0.15, 0.2) is 0 Å². The van der Waals surface area contributed by atoms with Crippen LogP contribution in [-0.4, -0.2) is 40.4 Å². The Hall–Kier alpha value is -1.43. The van der Waals surface area contributed by atoms with E-state index >= 15 is 0 Å². The van der Waals surface area contributed by atoms with Gasteiger partial charge in [-0.1, -0.05) is 12.1 Å². The number of hydrogen-bond acceptors (Lipinski definition) is 3. The van der Waals surface area contributed by atoms with Gasteiger partial charge in [0.1, 0.15) is 5.82 Å². The van der Waals surface area contributed by atoms with Crippen molar-refractivity contribution >= 4 is 12.4 Å². The smallest absolute Gasteiger partial charge is 0.123 e. The Bertz CT molecular complexity index is 584. The molecule has 0 aliphatic carbocycles. The third-order valence-corrected chi connectivity index (χ3v) is 3.80. The molecule has 120 valence electrons. The Balaban J connectivity index is 0.00000176. The lowest BCUT2D eigenvalue weighted by Gasteiger charge is -2.31. The van der Waals surface area contributed by atoms with Crippen LogP contribution in [0.5, 0.6) is 0 Å². The molecular formula is C16H22ClFN4. The van der Waals surface area contributed by atoms with Crippen molar-refractivity contribution in [3.63, 3.8) is 0 Å². The molecule has 0 unspecified atom stereocenters. The zero-order valence-corrected chi connectivity index (χ0v) is 13.5. The molecule has 1 aromatic carbocycles. The summed E-state index contributed by atoms with van der Waals surface area (Å²) in [5, 5.41) is 7.85. The number of rotatable bonds is 4. The number of piperazine rings is 1. The quantitative estimate of drug-likeness (QED) is 0.936. The first kappa shape index (κ1) is 16.9. The molecule has 4 nitrogen and oxygen atoms in total. The van der Waals surface area contributed by atoms with Crippen LogP contribution in [0.25, 0.3) is 0 Å². The molecule has 6 heteroatoms. The van der Waals surface area contributed by atoms with E-state index in [0.717, 1.165) is 31.7 Å². The molecule has 0 radical (unpaired) electrons. The van der Waals surface area contributed by atoms with E-state index in [1.807, 2.05) is 10.9 Å². The molecule has 1 aliphatic heterocycles. The second-order valence-corrected chi connectivity index (χ2v) is 5.76. The van der Waals surface area contributed by atoms with Gasteiger partial charge in [-0.15, -0.1) is 12.4 Å².